The Morgan fingerprint density at radius 1 is 1.08 bits per heavy atom. The molecule has 2 heteroatoms. The second-order valence-corrected chi connectivity index (χ2v) is 4.23. The lowest BCUT2D eigenvalue weighted by atomic mass is 9.66. The largest absolute Gasteiger partial charge is 0.481 e. The minimum atomic E-state index is -0.557. The predicted octanol–water partition coefficient (Wildman–Crippen LogP) is 2.29. The van der Waals surface area contributed by atoms with Crippen LogP contribution in [0, 0.1) is 17.8 Å². The molecule has 0 amide bonds. The molecule has 0 heterocycles. The highest BCUT2D eigenvalue weighted by Gasteiger charge is 2.41. The number of hydrogen-bond acceptors (Lipinski definition) is 1. The molecular weight excluding hydrogens is 152 g/mol. The standard InChI is InChI=1S/C10H16O2/c11-10(12)9-6-5-8(9)7-3-1-2-4-7/h7-9H,1-6H2,(H,11,12). The molecule has 2 aliphatic rings. The molecule has 2 aliphatic carbocycles. The summed E-state index contributed by atoms with van der Waals surface area (Å²) in [4.78, 5) is 10.7. The monoisotopic (exact) mass is 168 g/mol. The van der Waals surface area contributed by atoms with Crippen molar-refractivity contribution >= 4 is 5.97 Å². The maximum absolute atomic E-state index is 10.7. The minimum absolute atomic E-state index is 0.00750. The van der Waals surface area contributed by atoms with Crippen molar-refractivity contribution in [1.82, 2.24) is 0 Å². The number of carboxylic acids is 1. The van der Waals surface area contributed by atoms with Gasteiger partial charge in [0.2, 0.25) is 0 Å². The van der Waals surface area contributed by atoms with Crippen molar-refractivity contribution in [3.63, 3.8) is 0 Å². The van der Waals surface area contributed by atoms with Crippen molar-refractivity contribution in [2.24, 2.45) is 17.8 Å². The van der Waals surface area contributed by atoms with Crippen LogP contribution >= 0.6 is 0 Å². The molecule has 2 rings (SSSR count). The van der Waals surface area contributed by atoms with Gasteiger partial charge in [-0.05, 0) is 24.7 Å². The van der Waals surface area contributed by atoms with E-state index in [2.05, 4.69) is 0 Å². The van der Waals surface area contributed by atoms with E-state index in [0.717, 1.165) is 12.3 Å². The summed E-state index contributed by atoms with van der Waals surface area (Å²) in [7, 11) is 0. The second-order valence-electron chi connectivity index (χ2n) is 4.23. The Kier molecular flexibility index (Phi) is 2.07. The van der Waals surface area contributed by atoms with Gasteiger partial charge in [0.1, 0.15) is 0 Å². The van der Waals surface area contributed by atoms with E-state index in [0.29, 0.717) is 5.92 Å². The number of carboxylic acid groups (broad SMARTS) is 1. The summed E-state index contributed by atoms with van der Waals surface area (Å²) in [5, 5.41) is 8.86. The van der Waals surface area contributed by atoms with Crippen LogP contribution in [0.3, 0.4) is 0 Å². The molecule has 0 radical (unpaired) electrons. The second kappa shape index (κ2) is 3.08. The molecule has 2 fully saturated rings. The van der Waals surface area contributed by atoms with E-state index < -0.39 is 5.97 Å². The van der Waals surface area contributed by atoms with Crippen LogP contribution in [0.25, 0.3) is 0 Å². The zero-order chi connectivity index (χ0) is 8.55. The van der Waals surface area contributed by atoms with Gasteiger partial charge in [-0.25, -0.2) is 0 Å². The van der Waals surface area contributed by atoms with E-state index in [1.807, 2.05) is 0 Å². The summed E-state index contributed by atoms with van der Waals surface area (Å²) in [6, 6.07) is 0. The van der Waals surface area contributed by atoms with Gasteiger partial charge in [0.15, 0.2) is 0 Å². The van der Waals surface area contributed by atoms with Crippen LogP contribution in [0.2, 0.25) is 0 Å². The molecule has 12 heavy (non-hydrogen) atoms. The summed E-state index contributed by atoms with van der Waals surface area (Å²) in [6.07, 6.45) is 7.32. The summed E-state index contributed by atoms with van der Waals surface area (Å²) >= 11 is 0. The van der Waals surface area contributed by atoms with Gasteiger partial charge in [0.25, 0.3) is 0 Å². The first kappa shape index (κ1) is 8.09. The van der Waals surface area contributed by atoms with Crippen LogP contribution in [0.5, 0.6) is 0 Å². The third-order valence-corrected chi connectivity index (χ3v) is 3.65. The van der Waals surface area contributed by atoms with Crippen LogP contribution < -0.4 is 0 Å². The Morgan fingerprint density at radius 3 is 2.17 bits per heavy atom. The molecule has 68 valence electrons. The van der Waals surface area contributed by atoms with Crippen molar-refractivity contribution in [3.05, 3.63) is 0 Å². The Bertz CT molecular complexity index is 182. The van der Waals surface area contributed by atoms with Gasteiger partial charge >= 0.3 is 5.97 Å². The van der Waals surface area contributed by atoms with Crippen molar-refractivity contribution in [2.75, 3.05) is 0 Å². The Labute approximate surface area is 73.0 Å². The molecule has 2 saturated carbocycles. The van der Waals surface area contributed by atoms with E-state index in [4.69, 9.17) is 5.11 Å². The molecular formula is C10H16O2. The lowest BCUT2D eigenvalue weighted by Crippen LogP contribution is -2.36. The lowest BCUT2D eigenvalue weighted by molar-refractivity contribution is -0.149. The third-order valence-electron chi connectivity index (χ3n) is 3.65. The summed E-state index contributed by atoms with van der Waals surface area (Å²) in [5.41, 5.74) is 0. The number of rotatable bonds is 2. The Balaban J connectivity index is 1.91. The van der Waals surface area contributed by atoms with Crippen LogP contribution in [-0.4, -0.2) is 11.1 Å². The average molecular weight is 168 g/mol. The molecule has 0 spiro atoms. The third kappa shape index (κ3) is 1.23. The SMILES string of the molecule is O=C(O)C1CCC1C1CCCC1. The van der Waals surface area contributed by atoms with Gasteiger partial charge < -0.3 is 5.11 Å². The van der Waals surface area contributed by atoms with Crippen molar-refractivity contribution < 1.29 is 9.90 Å². The quantitative estimate of drug-likeness (QED) is 0.686. The van der Waals surface area contributed by atoms with Crippen LogP contribution in [-0.2, 0) is 4.79 Å². The smallest absolute Gasteiger partial charge is 0.306 e. The van der Waals surface area contributed by atoms with Crippen LogP contribution in [0.15, 0.2) is 0 Å². The average Bonchev–Trinajstić information content (AvgIpc) is 2.35. The molecule has 1 N–H and O–H groups in total. The molecule has 0 aromatic heterocycles. The van der Waals surface area contributed by atoms with Crippen molar-refractivity contribution in [1.29, 1.82) is 0 Å². The predicted molar refractivity (Wildman–Crippen MR) is 45.8 cm³/mol. The van der Waals surface area contributed by atoms with Gasteiger partial charge in [-0.3, -0.25) is 4.79 Å². The highest BCUT2D eigenvalue weighted by Crippen LogP contribution is 2.46. The van der Waals surface area contributed by atoms with Crippen molar-refractivity contribution in [2.45, 2.75) is 38.5 Å². The number of carbonyl (C=O) groups is 1. The first-order valence-electron chi connectivity index (χ1n) is 5.02. The summed E-state index contributed by atoms with van der Waals surface area (Å²) in [6.45, 7) is 0. The van der Waals surface area contributed by atoms with Gasteiger partial charge in [0, 0.05) is 0 Å². The molecule has 0 aromatic rings. The van der Waals surface area contributed by atoms with Gasteiger partial charge in [-0.2, -0.15) is 0 Å². The van der Waals surface area contributed by atoms with E-state index >= 15 is 0 Å². The maximum Gasteiger partial charge on any atom is 0.306 e. The highest BCUT2D eigenvalue weighted by molar-refractivity contribution is 5.71. The Morgan fingerprint density at radius 2 is 1.75 bits per heavy atom. The molecule has 0 saturated heterocycles. The fourth-order valence-corrected chi connectivity index (χ4v) is 2.78. The van der Waals surface area contributed by atoms with Crippen molar-refractivity contribution in [3.8, 4) is 0 Å². The van der Waals surface area contributed by atoms with Crippen LogP contribution in [0.4, 0.5) is 0 Å². The summed E-state index contributed by atoms with van der Waals surface area (Å²) in [5.74, 6) is 0.733. The molecule has 0 aliphatic heterocycles. The number of hydrogen-bond donors (Lipinski definition) is 1. The Hall–Kier alpha value is -0.530. The molecule has 0 aromatic carbocycles. The van der Waals surface area contributed by atoms with Crippen LogP contribution in [0.1, 0.15) is 38.5 Å². The molecule has 2 nitrogen and oxygen atoms in total. The maximum atomic E-state index is 10.7. The fraction of sp³-hybridized carbons (Fsp3) is 0.900. The summed E-state index contributed by atoms with van der Waals surface area (Å²) < 4.78 is 0. The van der Waals surface area contributed by atoms with E-state index in [1.54, 1.807) is 0 Å². The van der Waals surface area contributed by atoms with E-state index in [9.17, 15) is 4.79 Å². The van der Waals surface area contributed by atoms with E-state index in [-0.39, 0.29) is 5.92 Å². The molecule has 2 atom stereocenters. The zero-order valence-corrected chi connectivity index (χ0v) is 7.33. The topological polar surface area (TPSA) is 37.3 Å². The van der Waals surface area contributed by atoms with Gasteiger partial charge in [0.05, 0.1) is 5.92 Å². The highest BCUT2D eigenvalue weighted by atomic mass is 16.4. The first-order valence-corrected chi connectivity index (χ1v) is 5.02. The molecule has 0 bridgehead atoms. The molecule has 2 unspecified atom stereocenters. The lowest BCUT2D eigenvalue weighted by Gasteiger charge is -2.37. The zero-order valence-electron chi connectivity index (χ0n) is 7.33. The van der Waals surface area contributed by atoms with E-state index in [1.165, 1.54) is 32.1 Å². The first-order chi connectivity index (χ1) is 5.79. The number of aliphatic carboxylic acids is 1. The normalized spacial score (nSPS) is 36.3. The van der Waals surface area contributed by atoms with Gasteiger partial charge in [-0.15, -0.1) is 0 Å². The fourth-order valence-electron chi connectivity index (χ4n) is 2.78. The minimum Gasteiger partial charge on any atom is -0.481 e. The van der Waals surface area contributed by atoms with Gasteiger partial charge in [-0.1, -0.05) is 25.7 Å².